The van der Waals surface area contributed by atoms with E-state index in [1.165, 1.54) is 13.4 Å². The van der Waals surface area contributed by atoms with Crippen LogP contribution in [0.25, 0.3) is 6.08 Å². The van der Waals surface area contributed by atoms with E-state index in [1.54, 1.807) is 44.4 Å². The van der Waals surface area contributed by atoms with Crippen LogP contribution in [0.3, 0.4) is 0 Å². The van der Waals surface area contributed by atoms with Crippen LogP contribution in [-0.2, 0) is 25.5 Å². The molecule has 0 saturated heterocycles. The Balaban J connectivity index is 1.43. The maximum absolute atomic E-state index is 13.1. The summed E-state index contributed by atoms with van der Waals surface area (Å²) in [5, 5.41) is 3.10. The van der Waals surface area contributed by atoms with Gasteiger partial charge in [-0.1, -0.05) is 30.3 Å². The Hall–Kier alpha value is -4.33. The number of nitrogens with one attached hydrogen (secondary N) is 2. The average Bonchev–Trinajstić information content (AvgIpc) is 3.56. The van der Waals surface area contributed by atoms with E-state index in [0.717, 1.165) is 23.4 Å². The van der Waals surface area contributed by atoms with Gasteiger partial charge in [0.15, 0.2) is 0 Å². The van der Waals surface area contributed by atoms with E-state index in [9.17, 15) is 9.59 Å². The van der Waals surface area contributed by atoms with Crippen molar-refractivity contribution >= 4 is 18.0 Å². The summed E-state index contributed by atoms with van der Waals surface area (Å²) in [5.74, 6) is -0.428. The van der Waals surface area contributed by atoms with E-state index in [1.807, 2.05) is 30.3 Å². The summed E-state index contributed by atoms with van der Waals surface area (Å²) < 4.78 is 16.1. The van der Waals surface area contributed by atoms with Crippen LogP contribution in [0.4, 0.5) is 0 Å². The van der Waals surface area contributed by atoms with Crippen molar-refractivity contribution in [1.82, 2.24) is 15.3 Å². The third-order valence-corrected chi connectivity index (χ3v) is 5.74. The third kappa shape index (κ3) is 5.43. The Morgan fingerprint density at radius 2 is 1.83 bits per heavy atom. The van der Waals surface area contributed by atoms with Gasteiger partial charge in [0.05, 0.1) is 30.4 Å². The zero-order chi connectivity index (χ0) is 24.8. The molecule has 1 atom stereocenters. The number of rotatable bonds is 8. The van der Waals surface area contributed by atoms with Crippen LogP contribution in [0.5, 0.6) is 0 Å². The number of nitrogens with zero attached hydrogens (tertiary/aromatic N) is 1. The number of esters is 2. The maximum atomic E-state index is 13.1. The second-order valence-electron chi connectivity index (χ2n) is 8.10. The van der Waals surface area contributed by atoms with Crippen molar-refractivity contribution in [1.29, 1.82) is 0 Å². The van der Waals surface area contributed by atoms with Crippen molar-refractivity contribution in [3.8, 4) is 0 Å². The van der Waals surface area contributed by atoms with Gasteiger partial charge in [0.25, 0.3) is 0 Å². The Morgan fingerprint density at radius 1 is 1.09 bits per heavy atom. The summed E-state index contributed by atoms with van der Waals surface area (Å²) in [4.78, 5) is 33.0. The molecule has 1 aliphatic rings. The molecule has 8 nitrogen and oxygen atoms in total. The lowest BCUT2D eigenvalue weighted by Crippen LogP contribution is -2.32. The van der Waals surface area contributed by atoms with E-state index >= 15 is 0 Å². The minimum absolute atomic E-state index is 0.0743. The maximum Gasteiger partial charge on any atom is 0.337 e. The highest BCUT2D eigenvalue weighted by atomic mass is 16.5. The second-order valence-corrected chi connectivity index (χ2v) is 8.10. The predicted octanol–water partition coefficient (Wildman–Crippen LogP) is 4.26. The molecule has 0 fully saturated rings. The first-order valence-corrected chi connectivity index (χ1v) is 11.2. The molecule has 2 N–H and O–H groups in total. The number of furan rings is 1. The number of aromatic nitrogens is 2. The molecule has 1 unspecified atom stereocenters. The standard InChI is InChI=1S/C27H27N3O5/c1-17-23(26(31)33-3)25(21-7-5-14-34-21)24(18(2)30-17)27(32)35-15-4-6-19-8-10-20(11-9-19)16-22-28-12-13-29-22/h4-14,25,30H,15-16H2,1-3H3,(H,28,29). The highest BCUT2D eigenvalue weighted by Crippen LogP contribution is 2.39. The molecule has 35 heavy (non-hydrogen) atoms. The van der Waals surface area contributed by atoms with Gasteiger partial charge in [-0.05, 0) is 43.2 Å². The van der Waals surface area contributed by atoms with Gasteiger partial charge in [0.2, 0.25) is 0 Å². The Bertz CT molecular complexity index is 1270. The van der Waals surface area contributed by atoms with E-state index in [2.05, 4.69) is 15.3 Å². The first-order valence-electron chi connectivity index (χ1n) is 11.2. The predicted molar refractivity (Wildman–Crippen MR) is 130 cm³/mol. The highest BCUT2D eigenvalue weighted by Gasteiger charge is 2.39. The number of aromatic amines is 1. The van der Waals surface area contributed by atoms with Crippen LogP contribution in [0.2, 0.25) is 0 Å². The lowest BCUT2D eigenvalue weighted by Gasteiger charge is -2.28. The number of hydrogen-bond donors (Lipinski definition) is 2. The highest BCUT2D eigenvalue weighted by molar-refractivity contribution is 5.99. The number of dihydropyridines is 1. The van der Waals surface area contributed by atoms with Crippen molar-refractivity contribution in [3.05, 3.63) is 106 Å². The fourth-order valence-corrected chi connectivity index (χ4v) is 4.11. The van der Waals surface area contributed by atoms with Crippen LogP contribution in [0.1, 0.15) is 42.5 Å². The monoisotopic (exact) mass is 473 g/mol. The van der Waals surface area contributed by atoms with Crippen LogP contribution < -0.4 is 5.32 Å². The van der Waals surface area contributed by atoms with E-state index in [4.69, 9.17) is 13.9 Å². The average molecular weight is 474 g/mol. The summed E-state index contributed by atoms with van der Waals surface area (Å²) in [6, 6.07) is 11.5. The van der Waals surface area contributed by atoms with E-state index < -0.39 is 17.9 Å². The number of benzene rings is 1. The molecule has 3 aromatic rings. The minimum Gasteiger partial charge on any atom is -0.468 e. The summed E-state index contributed by atoms with van der Waals surface area (Å²) >= 11 is 0. The first kappa shape index (κ1) is 23.8. The van der Waals surface area contributed by atoms with Crippen molar-refractivity contribution in [3.63, 3.8) is 0 Å². The number of imidazole rings is 1. The molecule has 0 aliphatic carbocycles. The normalized spacial score (nSPS) is 15.9. The molecule has 1 aromatic carbocycles. The number of hydrogen-bond acceptors (Lipinski definition) is 7. The van der Waals surface area contributed by atoms with Gasteiger partial charge in [0, 0.05) is 30.2 Å². The molecule has 0 radical (unpaired) electrons. The molecule has 0 bridgehead atoms. The quantitative estimate of drug-likeness (QED) is 0.471. The number of carbonyl (C=O) groups is 2. The van der Waals surface area contributed by atoms with Gasteiger partial charge in [-0.25, -0.2) is 14.6 Å². The molecule has 0 spiro atoms. The lowest BCUT2D eigenvalue weighted by atomic mass is 9.83. The molecule has 180 valence electrons. The Labute approximate surface area is 203 Å². The SMILES string of the molecule is COC(=O)C1=C(C)NC(C)=C(C(=O)OCC=Cc2ccc(Cc3ncc[nH]3)cc2)C1c1ccco1. The van der Waals surface area contributed by atoms with Gasteiger partial charge in [-0.15, -0.1) is 0 Å². The van der Waals surface area contributed by atoms with Crippen molar-refractivity contribution in [2.75, 3.05) is 13.7 Å². The van der Waals surface area contributed by atoms with Gasteiger partial charge >= 0.3 is 11.9 Å². The van der Waals surface area contributed by atoms with Crippen molar-refractivity contribution < 1.29 is 23.5 Å². The van der Waals surface area contributed by atoms with Gasteiger partial charge in [-0.3, -0.25) is 0 Å². The fraction of sp³-hybridized carbons (Fsp3) is 0.222. The van der Waals surface area contributed by atoms with Crippen molar-refractivity contribution in [2.45, 2.75) is 26.2 Å². The van der Waals surface area contributed by atoms with E-state index in [0.29, 0.717) is 28.3 Å². The number of carbonyl (C=O) groups excluding carboxylic acids is 2. The van der Waals surface area contributed by atoms with Crippen LogP contribution in [0, 0.1) is 0 Å². The molecular formula is C27H27N3O5. The van der Waals surface area contributed by atoms with Gasteiger partial charge in [0.1, 0.15) is 18.2 Å². The summed E-state index contributed by atoms with van der Waals surface area (Å²) in [6.07, 6.45) is 9.43. The first-order chi connectivity index (χ1) is 17.0. The number of H-pyrrole nitrogens is 1. The summed E-state index contributed by atoms with van der Waals surface area (Å²) in [7, 11) is 1.30. The Morgan fingerprint density at radius 3 is 2.46 bits per heavy atom. The fourth-order valence-electron chi connectivity index (χ4n) is 4.11. The minimum atomic E-state index is -0.725. The molecule has 2 aromatic heterocycles. The molecule has 4 rings (SSSR count). The lowest BCUT2D eigenvalue weighted by molar-refractivity contribution is -0.138. The molecule has 1 aliphatic heterocycles. The molecular weight excluding hydrogens is 446 g/mol. The number of methoxy groups -OCH3 is 1. The van der Waals surface area contributed by atoms with Crippen molar-refractivity contribution in [2.24, 2.45) is 0 Å². The molecule has 0 amide bonds. The van der Waals surface area contributed by atoms with Gasteiger partial charge in [-0.2, -0.15) is 0 Å². The van der Waals surface area contributed by atoms with Gasteiger partial charge < -0.3 is 24.2 Å². The Kier molecular flexibility index (Phi) is 7.30. The smallest absolute Gasteiger partial charge is 0.337 e. The molecule has 8 heteroatoms. The summed E-state index contributed by atoms with van der Waals surface area (Å²) in [6.45, 7) is 3.60. The molecule has 0 saturated carbocycles. The van der Waals surface area contributed by atoms with Crippen LogP contribution in [-0.4, -0.2) is 35.6 Å². The number of ether oxygens (including phenoxy) is 2. The topological polar surface area (TPSA) is 106 Å². The van der Waals surface area contributed by atoms with Crippen LogP contribution >= 0.6 is 0 Å². The largest absolute Gasteiger partial charge is 0.468 e. The zero-order valence-electron chi connectivity index (χ0n) is 19.8. The van der Waals surface area contributed by atoms with Crippen LogP contribution in [0.15, 0.2) is 88.1 Å². The third-order valence-electron chi connectivity index (χ3n) is 5.74. The summed E-state index contributed by atoms with van der Waals surface area (Å²) in [5.41, 5.74) is 3.94. The second kappa shape index (κ2) is 10.7. The zero-order valence-corrected chi connectivity index (χ0v) is 19.8. The van der Waals surface area contributed by atoms with E-state index in [-0.39, 0.29) is 6.61 Å². The number of allylic oxidation sites excluding steroid dienone is 2. The molecule has 3 heterocycles.